The highest BCUT2D eigenvalue weighted by atomic mass is 16.2. The smallest absolute Gasteiger partial charge is 0.228 e. The van der Waals surface area contributed by atoms with E-state index in [-0.39, 0.29) is 11.3 Å². The first-order valence-corrected chi connectivity index (χ1v) is 6.48. The molecule has 1 aromatic heterocycles. The fraction of sp³-hybridized carbons (Fsp3) is 0.571. The second kappa shape index (κ2) is 5.48. The van der Waals surface area contributed by atoms with Gasteiger partial charge in [0.15, 0.2) is 0 Å². The van der Waals surface area contributed by atoms with Crippen LogP contribution in [-0.2, 0) is 11.3 Å². The summed E-state index contributed by atoms with van der Waals surface area (Å²) in [4.78, 5) is 18.6. The fourth-order valence-corrected chi connectivity index (χ4v) is 2.46. The molecule has 0 spiro atoms. The van der Waals surface area contributed by atoms with Gasteiger partial charge in [0.1, 0.15) is 0 Å². The molecule has 0 unspecified atom stereocenters. The van der Waals surface area contributed by atoms with Crippen LogP contribution in [0.1, 0.15) is 25.5 Å². The van der Waals surface area contributed by atoms with Gasteiger partial charge in [-0.25, -0.2) is 0 Å². The molecule has 1 aliphatic rings. The van der Waals surface area contributed by atoms with Crippen LogP contribution in [0.4, 0.5) is 0 Å². The van der Waals surface area contributed by atoms with E-state index >= 15 is 0 Å². The number of amides is 1. The molecule has 0 aliphatic carbocycles. The zero-order valence-electron chi connectivity index (χ0n) is 11.1. The lowest BCUT2D eigenvalue weighted by atomic mass is 9.79. The first kappa shape index (κ1) is 13.0. The van der Waals surface area contributed by atoms with E-state index in [1.165, 1.54) is 0 Å². The molecule has 2 rings (SSSR count). The second-order valence-corrected chi connectivity index (χ2v) is 5.29. The lowest BCUT2D eigenvalue weighted by Crippen LogP contribution is -2.46. The maximum Gasteiger partial charge on any atom is 0.228 e. The Morgan fingerprint density at radius 1 is 1.44 bits per heavy atom. The van der Waals surface area contributed by atoms with Gasteiger partial charge in [0.2, 0.25) is 5.91 Å². The summed E-state index contributed by atoms with van der Waals surface area (Å²) in [6, 6.07) is 5.79. The van der Waals surface area contributed by atoms with Gasteiger partial charge < -0.3 is 10.2 Å². The van der Waals surface area contributed by atoms with E-state index in [0.29, 0.717) is 6.54 Å². The fourth-order valence-electron chi connectivity index (χ4n) is 2.46. The van der Waals surface area contributed by atoms with Crippen molar-refractivity contribution in [2.45, 2.75) is 26.3 Å². The molecule has 1 amide bonds. The van der Waals surface area contributed by atoms with Gasteiger partial charge in [-0.05, 0) is 38.1 Å². The van der Waals surface area contributed by atoms with Gasteiger partial charge in [0.25, 0.3) is 0 Å². The normalized spacial score (nSPS) is 18.3. The molecule has 0 aromatic carbocycles. The van der Waals surface area contributed by atoms with Crippen LogP contribution < -0.4 is 5.32 Å². The highest BCUT2D eigenvalue weighted by molar-refractivity contribution is 5.82. The van der Waals surface area contributed by atoms with Crippen molar-refractivity contribution < 1.29 is 4.79 Å². The van der Waals surface area contributed by atoms with E-state index in [2.05, 4.69) is 17.2 Å². The number of carbonyl (C=O) groups is 1. The van der Waals surface area contributed by atoms with Crippen molar-refractivity contribution in [1.82, 2.24) is 15.2 Å². The molecular weight excluding hydrogens is 226 g/mol. The maximum atomic E-state index is 12.5. The Morgan fingerprint density at radius 2 is 2.17 bits per heavy atom. The molecule has 4 heteroatoms. The third kappa shape index (κ3) is 2.88. The quantitative estimate of drug-likeness (QED) is 0.879. The zero-order valence-corrected chi connectivity index (χ0v) is 11.1. The molecule has 0 bridgehead atoms. The predicted octanol–water partition coefficient (Wildman–Crippen LogP) is 1.43. The lowest BCUT2D eigenvalue weighted by Gasteiger charge is -2.35. The summed E-state index contributed by atoms with van der Waals surface area (Å²) in [6.45, 7) is 4.52. The largest absolute Gasteiger partial charge is 0.339 e. The predicted molar refractivity (Wildman–Crippen MR) is 70.9 cm³/mol. The molecule has 1 fully saturated rings. The number of nitrogens with zero attached hydrogens (tertiary/aromatic N) is 2. The Labute approximate surface area is 108 Å². The van der Waals surface area contributed by atoms with Crippen molar-refractivity contribution in [1.29, 1.82) is 0 Å². The topological polar surface area (TPSA) is 45.2 Å². The number of hydrogen-bond acceptors (Lipinski definition) is 3. The number of aromatic nitrogens is 1. The van der Waals surface area contributed by atoms with E-state index in [9.17, 15) is 4.79 Å². The highest BCUT2D eigenvalue weighted by Gasteiger charge is 2.36. The van der Waals surface area contributed by atoms with Crippen LogP contribution >= 0.6 is 0 Å². The van der Waals surface area contributed by atoms with E-state index in [1.807, 2.05) is 25.2 Å². The Hall–Kier alpha value is -1.42. The van der Waals surface area contributed by atoms with E-state index in [4.69, 9.17) is 0 Å². The number of piperidine rings is 1. The van der Waals surface area contributed by atoms with Gasteiger partial charge in [-0.2, -0.15) is 0 Å². The van der Waals surface area contributed by atoms with Gasteiger partial charge >= 0.3 is 0 Å². The molecule has 4 nitrogen and oxygen atoms in total. The average Bonchev–Trinajstić information content (AvgIpc) is 2.40. The number of rotatable bonds is 3. The van der Waals surface area contributed by atoms with Gasteiger partial charge in [-0.1, -0.05) is 13.0 Å². The molecule has 2 heterocycles. The summed E-state index contributed by atoms with van der Waals surface area (Å²) in [7, 11) is 1.87. The summed E-state index contributed by atoms with van der Waals surface area (Å²) in [6.07, 6.45) is 3.59. The van der Waals surface area contributed by atoms with Crippen molar-refractivity contribution in [2.24, 2.45) is 5.41 Å². The average molecular weight is 247 g/mol. The van der Waals surface area contributed by atoms with E-state index in [1.54, 1.807) is 11.1 Å². The van der Waals surface area contributed by atoms with Crippen LogP contribution in [0.25, 0.3) is 0 Å². The molecule has 1 aromatic rings. The van der Waals surface area contributed by atoms with Gasteiger partial charge in [-0.15, -0.1) is 0 Å². The zero-order chi connectivity index (χ0) is 13.0. The van der Waals surface area contributed by atoms with Crippen molar-refractivity contribution in [2.75, 3.05) is 20.1 Å². The van der Waals surface area contributed by atoms with Crippen molar-refractivity contribution in [3.8, 4) is 0 Å². The minimum Gasteiger partial charge on any atom is -0.339 e. The molecule has 18 heavy (non-hydrogen) atoms. The molecule has 1 saturated heterocycles. The first-order valence-electron chi connectivity index (χ1n) is 6.48. The van der Waals surface area contributed by atoms with Crippen LogP contribution in [0.3, 0.4) is 0 Å². The van der Waals surface area contributed by atoms with E-state index in [0.717, 1.165) is 31.6 Å². The molecule has 1 aliphatic heterocycles. The van der Waals surface area contributed by atoms with E-state index < -0.39 is 0 Å². The Balaban J connectivity index is 2.00. The molecule has 0 radical (unpaired) electrons. The molecular formula is C14H21N3O. The maximum absolute atomic E-state index is 12.5. The number of nitrogens with one attached hydrogen (secondary N) is 1. The van der Waals surface area contributed by atoms with Crippen LogP contribution in [0, 0.1) is 5.41 Å². The van der Waals surface area contributed by atoms with Crippen LogP contribution in [-0.4, -0.2) is 35.9 Å². The van der Waals surface area contributed by atoms with Gasteiger partial charge in [-0.3, -0.25) is 9.78 Å². The number of pyridine rings is 1. The van der Waals surface area contributed by atoms with Gasteiger partial charge in [0.05, 0.1) is 12.2 Å². The third-order valence-electron chi connectivity index (χ3n) is 3.70. The van der Waals surface area contributed by atoms with Crippen molar-refractivity contribution in [3.63, 3.8) is 0 Å². The summed E-state index contributed by atoms with van der Waals surface area (Å²) in [5, 5.41) is 3.30. The third-order valence-corrected chi connectivity index (χ3v) is 3.70. The molecule has 1 N–H and O–H groups in total. The monoisotopic (exact) mass is 247 g/mol. The number of hydrogen-bond donors (Lipinski definition) is 1. The Bertz CT molecular complexity index is 399. The minimum absolute atomic E-state index is 0.214. The highest BCUT2D eigenvalue weighted by Crippen LogP contribution is 2.30. The van der Waals surface area contributed by atoms with Crippen LogP contribution in [0.5, 0.6) is 0 Å². The summed E-state index contributed by atoms with van der Waals surface area (Å²) < 4.78 is 0. The van der Waals surface area contributed by atoms with Crippen molar-refractivity contribution >= 4 is 5.91 Å². The summed E-state index contributed by atoms with van der Waals surface area (Å²) in [5.41, 5.74) is 0.722. The Morgan fingerprint density at radius 3 is 2.78 bits per heavy atom. The first-order chi connectivity index (χ1) is 8.62. The van der Waals surface area contributed by atoms with Crippen LogP contribution in [0.2, 0.25) is 0 Å². The molecule has 98 valence electrons. The molecule has 0 saturated carbocycles. The summed E-state index contributed by atoms with van der Waals surface area (Å²) in [5.74, 6) is 0.231. The van der Waals surface area contributed by atoms with Crippen LogP contribution in [0.15, 0.2) is 24.4 Å². The number of carbonyl (C=O) groups excluding carboxylic acids is 1. The SMILES string of the molecule is CN(Cc1ccccn1)C(=O)C1(C)CCNCC1. The lowest BCUT2D eigenvalue weighted by molar-refractivity contribution is -0.142. The standard InChI is InChI=1S/C14H21N3O/c1-14(6-9-15-10-7-14)13(18)17(2)11-12-5-3-4-8-16-12/h3-5,8,15H,6-7,9-11H2,1-2H3. The molecule has 0 atom stereocenters. The second-order valence-electron chi connectivity index (χ2n) is 5.29. The Kier molecular flexibility index (Phi) is 3.97. The summed E-state index contributed by atoms with van der Waals surface area (Å²) >= 11 is 0. The van der Waals surface area contributed by atoms with Crippen molar-refractivity contribution in [3.05, 3.63) is 30.1 Å². The minimum atomic E-state index is -0.214. The van der Waals surface area contributed by atoms with Gasteiger partial charge in [0, 0.05) is 18.7 Å².